The molecule has 3 rings (SSSR count). The van der Waals surface area contributed by atoms with E-state index in [4.69, 9.17) is 14.2 Å². The molecule has 3 aromatic rings. The number of hydrogen-bond acceptors (Lipinski definition) is 5. The van der Waals surface area contributed by atoms with E-state index >= 15 is 0 Å². The monoisotopic (exact) mass is 434 g/mol. The number of rotatable bonds is 8. The molecule has 0 unspecified atom stereocenters. The topological polar surface area (TPSA) is 45.0 Å². The molecule has 0 aliphatic rings. The summed E-state index contributed by atoms with van der Waals surface area (Å²) >= 11 is 1.39. The molecule has 0 radical (unpaired) electrons. The van der Waals surface area contributed by atoms with Crippen LogP contribution in [-0.2, 0) is 6.54 Å². The SMILES string of the molecule is CCCCn1c(-c2cc(OC)c(OC)c(OC)c2)csc1=Nc1ccc(F)cc1F. The second-order valence-corrected chi connectivity index (χ2v) is 7.37. The number of ether oxygens (including phenoxy) is 3. The van der Waals surface area contributed by atoms with Crippen LogP contribution in [0.2, 0.25) is 0 Å². The van der Waals surface area contributed by atoms with Crippen molar-refractivity contribution in [2.24, 2.45) is 4.99 Å². The van der Waals surface area contributed by atoms with Crippen molar-refractivity contribution in [3.8, 4) is 28.5 Å². The molecular formula is C22H24F2N2O3S. The maximum absolute atomic E-state index is 14.1. The molecule has 0 fully saturated rings. The molecule has 160 valence electrons. The van der Waals surface area contributed by atoms with Gasteiger partial charge in [-0.2, -0.15) is 0 Å². The normalized spacial score (nSPS) is 11.6. The lowest BCUT2D eigenvalue weighted by Gasteiger charge is -2.15. The molecule has 0 aliphatic heterocycles. The Balaban J connectivity index is 2.18. The first kappa shape index (κ1) is 21.8. The first-order chi connectivity index (χ1) is 14.5. The summed E-state index contributed by atoms with van der Waals surface area (Å²) in [5.41, 5.74) is 1.85. The average molecular weight is 435 g/mol. The van der Waals surface area contributed by atoms with Gasteiger partial charge in [0.2, 0.25) is 5.75 Å². The predicted octanol–water partition coefficient (Wildman–Crippen LogP) is 5.55. The molecule has 1 aromatic heterocycles. The van der Waals surface area contributed by atoms with Gasteiger partial charge < -0.3 is 18.8 Å². The highest BCUT2D eigenvalue weighted by molar-refractivity contribution is 7.07. The summed E-state index contributed by atoms with van der Waals surface area (Å²) in [7, 11) is 4.69. The summed E-state index contributed by atoms with van der Waals surface area (Å²) in [6.45, 7) is 2.80. The second-order valence-electron chi connectivity index (χ2n) is 6.53. The zero-order valence-electron chi connectivity index (χ0n) is 17.4. The summed E-state index contributed by atoms with van der Waals surface area (Å²) in [5.74, 6) is 0.276. The summed E-state index contributed by atoms with van der Waals surface area (Å²) < 4.78 is 45.8. The van der Waals surface area contributed by atoms with Gasteiger partial charge in [-0.3, -0.25) is 0 Å². The number of nitrogens with zero attached hydrogens (tertiary/aromatic N) is 2. The maximum atomic E-state index is 14.1. The highest BCUT2D eigenvalue weighted by Crippen LogP contribution is 2.41. The molecule has 0 aliphatic carbocycles. The first-order valence-corrected chi connectivity index (χ1v) is 10.4. The van der Waals surface area contributed by atoms with Gasteiger partial charge in [0.25, 0.3) is 0 Å². The minimum Gasteiger partial charge on any atom is -0.493 e. The van der Waals surface area contributed by atoms with E-state index in [1.165, 1.54) is 23.5 Å². The summed E-state index contributed by atoms with van der Waals surface area (Å²) in [5, 5.41) is 1.95. The largest absolute Gasteiger partial charge is 0.493 e. The van der Waals surface area contributed by atoms with Crippen LogP contribution in [0.4, 0.5) is 14.5 Å². The number of methoxy groups -OCH3 is 3. The lowest BCUT2D eigenvalue weighted by atomic mass is 10.1. The molecule has 1 heterocycles. The van der Waals surface area contributed by atoms with Crippen molar-refractivity contribution < 1.29 is 23.0 Å². The van der Waals surface area contributed by atoms with Crippen molar-refractivity contribution in [2.45, 2.75) is 26.3 Å². The van der Waals surface area contributed by atoms with Gasteiger partial charge in [-0.1, -0.05) is 13.3 Å². The number of aromatic nitrogens is 1. The lowest BCUT2D eigenvalue weighted by Crippen LogP contribution is -2.16. The van der Waals surface area contributed by atoms with Crippen molar-refractivity contribution in [1.82, 2.24) is 4.57 Å². The Bertz CT molecular complexity index is 1070. The summed E-state index contributed by atoms with van der Waals surface area (Å²) in [6, 6.07) is 7.12. The Labute approximate surface area is 178 Å². The second kappa shape index (κ2) is 9.75. The van der Waals surface area contributed by atoms with Crippen LogP contribution in [0.1, 0.15) is 19.8 Å². The molecule has 0 N–H and O–H groups in total. The van der Waals surface area contributed by atoms with Crippen LogP contribution in [0, 0.1) is 11.6 Å². The number of hydrogen-bond donors (Lipinski definition) is 0. The molecule has 8 heteroatoms. The minimum absolute atomic E-state index is 0.0972. The van der Waals surface area contributed by atoms with Gasteiger partial charge in [-0.25, -0.2) is 13.8 Å². The fourth-order valence-electron chi connectivity index (χ4n) is 3.09. The van der Waals surface area contributed by atoms with Crippen LogP contribution in [0.5, 0.6) is 17.2 Å². The van der Waals surface area contributed by atoms with E-state index < -0.39 is 11.6 Å². The predicted molar refractivity (Wildman–Crippen MR) is 114 cm³/mol. The summed E-state index contributed by atoms with van der Waals surface area (Å²) in [4.78, 5) is 5.08. The van der Waals surface area contributed by atoms with Crippen molar-refractivity contribution in [3.63, 3.8) is 0 Å². The molecule has 0 spiro atoms. The molecule has 0 bridgehead atoms. The third kappa shape index (κ3) is 4.48. The molecule has 2 aromatic carbocycles. The van der Waals surface area contributed by atoms with Gasteiger partial charge in [0, 0.05) is 23.6 Å². The van der Waals surface area contributed by atoms with Crippen molar-refractivity contribution in [2.75, 3.05) is 21.3 Å². The number of benzene rings is 2. The van der Waals surface area contributed by atoms with E-state index in [1.807, 2.05) is 22.1 Å². The standard InChI is InChI=1S/C22H24F2N2O3S/c1-5-6-9-26-18(14-10-19(27-2)21(29-4)20(11-14)28-3)13-30-22(26)25-17-8-7-15(23)12-16(17)24/h7-8,10-13H,5-6,9H2,1-4H3. The maximum Gasteiger partial charge on any atom is 0.203 e. The quantitative estimate of drug-likeness (QED) is 0.467. The van der Waals surface area contributed by atoms with E-state index in [2.05, 4.69) is 11.9 Å². The van der Waals surface area contributed by atoms with Crippen molar-refractivity contribution >= 4 is 17.0 Å². The molecule has 0 atom stereocenters. The molecule has 0 saturated carbocycles. The molecule has 0 saturated heterocycles. The van der Waals surface area contributed by atoms with E-state index in [0.717, 1.165) is 30.2 Å². The highest BCUT2D eigenvalue weighted by atomic mass is 32.1. The van der Waals surface area contributed by atoms with E-state index in [1.54, 1.807) is 21.3 Å². The fraction of sp³-hybridized carbons (Fsp3) is 0.318. The zero-order valence-corrected chi connectivity index (χ0v) is 18.2. The van der Waals surface area contributed by atoms with Gasteiger partial charge in [-0.05, 0) is 30.7 Å². The molecule has 30 heavy (non-hydrogen) atoms. The van der Waals surface area contributed by atoms with Gasteiger partial charge in [0.1, 0.15) is 11.5 Å². The zero-order chi connectivity index (χ0) is 21.7. The Morgan fingerprint density at radius 1 is 1.00 bits per heavy atom. The van der Waals surface area contributed by atoms with Gasteiger partial charge in [0.15, 0.2) is 22.1 Å². The van der Waals surface area contributed by atoms with Gasteiger partial charge in [0.05, 0.1) is 27.0 Å². The Hall–Kier alpha value is -2.87. The molecule has 0 amide bonds. The highest BCUT2D eigenvalue weighted by Gasteiger charge is 2.17. The molecular weight excluding hydrogens is 410 g/mol. The van der Waals surface area contributed by atoms with E-state index in [-0.39, 0.29) is 5.69 Å². The fourth-order valence-corrected chi connectivity index (χ4v) is 4.03. The van der Waals surface area contributed by atoms with E-state index in [0.29, 0.717) is 28.6 Å². The van der Waals surface area contributed by atoms with Crippen LogP contribution in [0.15, 0.2) is 40.7 Å². The van der Waals surface area contributed by atoms with Crippen LogP contribution in [-0.4, -0.2) is 25.9 Å². The number of halogens is 2. The Kier molecular flexibility index (Phi) is 7.10. The van der Waals surface area contributed by atoms with Crippen LogP contribution >= 0.6 is 11.3 Å². The van der Waals surface area contributed by atoms with Crippen molar-refractivity contribution in [1.29, 1.82) is 0 Å². The molecule has 5 nitrogen and oxygen atoms in total. The third-order valence-corrected chi connectivity index (χ3v) is 5.48. The summed E-state index contributed by atoms with van der Waals surface area (Å²) in [6.07, 6.45) is 1.91. The minimum atomic E-state index is -0.695. The number of unbranched alkanes of at least 4 members (excludes halogenated alkanes) is 1. The van der Waals surface area contributed by atoms with Gasteiger partial charge in [-0.15, -0.1) is 11.3 Å². The van der Waals surface area contributed by atoms with Crippen LogP contribution < -0.4 is 19.0 Å². The first-order valence-electron chi connectivity index (χ1n) is 9.50. The Morgan fingerprint density at radius 2 is 1.70 bits per heavy atom. The van der Waals surface area contributed by atoms with E-state index in [9.17, 15) is 8.78 Å². The van der Waals surface area contributed by atoms with Gasteiger partial charge >= 0.3 is 0 Å². The number of thiazole rings is 1. The smallest absolute Gasteiger partial charge is 0.203 e. The van der Waals surface area contributed by atoms with Crippen LogP contribution in [0.3, 0.4) is 0 Å². The average Bonchev–Trinajstić information content (AvgIpc) is 3.15. The lowest BCUT2D eigenvalue weighted by molar-refractivity contribution is 0.324. The Morgan fingerprint density at radius 3 is 2.27 bits per heavy atom. The third-order valence-electron chi connectivity index (χ3n) is 4.62. The van der Waals surface area contributed by atoms with Crippen LogP contribution in [0.25, 0.3) is 11.3 Å². The van der Waals surface area contributed by atoms with Crippen molar-refractivity contribution in [3.05, 3.63) is 52.1 Å².